The minimum Gasteiger partial charge on any atom is -0.497 e. The van der Waals surface area contributed by atoms with E-state index in [-0.39, 0.29) is 0 Å². The zero-order chi connectivity index (χ0) is 18.8. The third-order valence-electron chi connectivity index (χ3n) is 5.47. The summed E-state index contributed by atoms with van der Waals surface area (Å²) in [6, 6.07) is 14.9. The predicted molar refractivity (Wildman–Crippen MR) is 109 cm³/mol. The molecule has 0 bridgehead atoms. The van der Waals surface area contributed by atoms with Crippen molar-refractivity contribution in [1.29, 1.82) is 0 Å². The molecule has 0 N–H and O–H groups in total. The molecule has 27 heavy (non-hydrogen) atoms. The van der Waals surface area contributed by atoms with E-state index in [0.29, 0.717) is 6.61 Å². The first kappa shape index (κ1) is 17.8. The standard InChI is InChI=1S/C23H26N2O2/c1-16-4-7-19-14-20-15-25(11-10-18-5-8-21(26-3)9-6-18)12-13-27-23(20)24-22(19)17(16)2/h4-9,14H,10-13,15H2,1-3H3. The maximum Gasteiger partial charge on any atom is 0.218 e. The fourth-order valence-electron chi connectivity index (χ4n) is 3.61. The molecule has 0 saturated carbocycles. The Bertz CT molecular complexity index is 951. The molecule has 0 aliphatic carbocycles. The minimum atomic E-state index is 0.680. The van der Waals surface area contributed by atoms with Gasteiger partial charge in [0, 0.05) is 30.6 Å². The van der Waals surface area contributed by atoms with E-state index in [9.17, 15) is 0 Å². The van der Waals surface area contributed by atoms with Gasteiger partial charge in [-0.3, -0.25) is 4.90 Å². The van der Waals surface area contributed by atoms with Gasteiger partial charge in [-0.25, -0.2) is 4.98 Å². The lowest BCUT2D eigenvalue weighted by atomic mass is 10.0. The highest BCUT2D eigenvalue weighted by Gasteiger charge is 2.18. The summed E-state index contributed by atoms with van der Waals surface area (Å²) in [4.78, 5) is 7.29. The topological polar surface area (TPSA) is 34.6 Å². The summed E-state index contributed by atoms with van der Waals surface area (Å²) in [6.07, 6.45) is 1.01. The molecule has 0 amide bonds. The molecule has 0 radical (unpaired) electrons. The van der Waals surface area contributed by atoms with Gasteiger partial charge in [0.15, 0.2) is 0 Å². The van der Waals surface area contributed by atoms with Gasteiger partial charge in [-0.2, -0.15) is 0 Å². The molecule has 0 unspecified atom stereocenters. The first-order chi connectivity index (χ1) is 13.1. The van der Waals surface area contributed by atoms with Gasteiger partial charge in [0.1, 0.15) is 12.4 Å². The summed E-state index contributed by atoms with van der Waals surface area (Å²) < 4.78 is 11.2. The summed E-state index contributed by atoms with van der Waals surface area (Å²) in [7, 11) is 1.70. The third kappa shape index (κ3) is 3.76. The summed E-state index contributed by atoms with van der Waals surface area (Å²) >= 11 is 0. The monoisotopic (exact) mass is 362 g/mol. The molecule has 0 fully saturated rings. The maximum absolute atomic E-state index is 5.99. The molecule has 2 heterocycles. The zero-order valence-corrected chi connectivity index (χ0v) is 16.3. The van der Waals surface area contributed by atoms with Gasteiger partial charge in [0.25, 0.3) is 0 Å². The average molecular weight is 362 g/mol. The van der Waals surface area contributed by atoms with Crippen LogP contribution < -0.4 is 9.47 Å². The first-order valence-electron chi connectivity index (χ1n) is 9.52. The number of nitrogens with zero attached hydrogens (tertiary/aromatic N) is 2. The molecule has 1 aliphatic heterocycles. The van der Waals surface area contributed by atoms with Gasteiger partial charge in [-0.05, 0) is 55.2 Å². The van der Waals surface area contributed by atoms with E-state index in [1.165, 1.54) is 27.6 Å². The molecule has 0 atom stereocenters. The van der Waals surface area contributed by atoms with Crippen molar-refractivity contribution in [1.82, 2.24) is 9.88 Å². The van der Waals surface area contributed by atoms with E-state index >= 15 is 0 Å². The van der Waals surface area contributed by atoms with Crippen LogP contribution in [-0.4, -0.2) is 36.7 Å². The van der Waals surface area contributed by atoms with Crippen LogP contribution in [0.15, 0.2) is 42.5 Å². The molecule has 140 valence electrons. The number of aromatic nitrogens is 1. The van der Waals surface area contributed by atoms with Crippen molar-refractivity contribution >= 4 is 10.9 Å². The maximum atomic E-state index is 5.99. The normalized spacial score (nSPS) is 14.5. The summed E-state index contributed by atoms with van der Waals surface area (Å²) in [5.41, 5.74) is 6.06. The highest BCUT2D eigenvalue weighted by atomic mass is 16.5. The van der Waals surface area contributed by atoms with Crippen molar-refractivity contribution in [2.24, 2.45) is 0 Å². The number of ether oxygens (including phenoxy) is 2. The Hall–Kier alpha value is -2.59. The van der Waals surface area contributed by atoms with E-state index in [1.54, 1.807) is 7.11 Å². The van der Waals surface area contributed by atoms with Crippen LogP contribution in [0.1, 0.15) is 22.3 Å². The van der Waals surface area contributed by atoms with E-state index < -0.39 is 0 Å². The highest BCUT2D eigenvalue weighted by molar-refractivity contribution is 5.84. The summed E-state index contributed by atoms with van der Waals surface area (Å²) in [6.45, 7) is 7.74. The molecule has 4 rings (SSSR count). The number of hydrogen-bond donors (Lipinski definition) is 0. The number of pyridine rings is 1. The zero-order valence-electron chi connectivity index (χ0n) is 16.3. The quantitative estimate of drug-likeness (QED) is 0.693. The fourth-order valence-corrected chi connectivity index (χ4v) is 3.61. The van der Waals surface area contributed by atoms with Crippen molar-refractivity contribution in [3.8, 4) is 11.6 Å². The number of hydrogen-bond acceptors (Lipinski definition) is 4. The smallest absolute Gasteiger partial charge is 0.218 e. The molecule has 1 aliphatic rings. The van der Waals surface area contributed by atoms with E-state index in [2.05, 4.69) is 49.1 Å². The minimum absolute atomic E-state index is 0.680. The SMILES string of the molecule is COc1ccc(CCN2CCOc3nc4c(C)c(C)ccc4cc3C2)cc1. The second kappa shape index (κ2) is 7.57. The van der Waals surface area contributed by atoms with Gasteiger partial charge in [0.05, 0.1) is 12.6 Å². The summed E-state index contributed by atoms with van der Waals surface area (Å²) in [5, 5.41) is 1.19. The Balaban J connectivity index is 1.52. The number of rotatable bonds is 4. The van der Waals surface area contributed by atoms with Crippen molar-refractivity contribution in [3.63, 3.8) is 0 Å². The molecule has 4 heteroatoms. The molecule has 1 aromatic heterocycles. The Labute approximate surface area is 160 Å². The molecule has 0 spiro atoms. The lowest BCUT2D eigenvalue weighted by Crippen LogP contribution is -2.27. The Morgan fingerprint density at radius 3 is 2.70 bits per heavy atom. The van der Waals surface area contributed by atoms with E-state index in [4.69, 9.17) is 14.5 Å². The van der Waals surface area contributed by atoms with Gasteiger partial charge < -0.3 is 9.47 Å². The molecular weight excluding hydrogens is 336 g/mol. The average Bonchev–Trinajstić information content (AvgIpc) is 2.90. The fraction of sp³-hybridized carbons (Fsp3) is 0.348. The van der Waals surface area contributed by atoms with Crippen molar-refractivity contribution in [2.75, 3.05) is 26.8 Å². The number of aryl methyl sites for hydroxylation is 2. The highest BCUT2D eigenvalue weighted by Crippen LogP contribution is 2.28. The van der Waals surface area contributed by atoms with Crippen LogP contribution in [0.25, 0.3) is 10.9 Å². The Kier molecular flexibility index (Phi) is 4.99. The molecule has 0 saturated heterocycles. The molecule has 4 nitrogen and oxygen atoms in total. The molecular formula is C23H26N2O2. The largest absolute Gasteiger partial charge is 0.497 e. The second-order valence-electron chi connectivity index (χ2n) is 7.25. The van der Waals surface area contributed by atoms with Crippen LogP contribution in [0.2, 0.25) is 0 Å². The molecule has 2 aromatic carbocycles. The van der Waals surface area contributed by atoms with Gasteiger partial charge >= 0.3 is 0 Å². The number of fused-ring (bicyclic) bond motifs is 2. The van der Waals surface area contributed by atoms with Crippen molar-refractivity contribution < 1.29 is 9.47 Å². The van der Waals surface area contributed by atoms with E-state index in [0.717, 1.165) is 43.2 Å². The van der Waals surface area contributed by atoms with Crippen LogP contribution in [0.5, 0.6) is 11.6 Å². The van der Waals surface area contributed by atoms with Crippen LogP contribution in [0, 0.1) is 13.8 Å². The van der Waals surface area contributed by atoms with Crippen LogP contribution in [-0.2, 0) is 13.0 Å². The number of methoxy groups -OCH3 is 1. The summed E-state index contributed by atoms with van der Waals surface area (Å²) in [5.74, 6) is 1.70. The van der Waals surface area contributed by atoms with Crippen LogP contribution in [0.3, 0.4) is 0 Å². The van der Waals surface area contributed by atoms with Crippen molar-refractivity contribution in [2.45, 2.75) is 26.8 Å². The lowest BCUT2D eigenvalue weighted by molar-refractivity contribution is 0.225. The third-order valence-corrected chi connectivity index (χ3v) is 5.47. The Morgan fingerprint density at radius 1 is 1.11 bits per heavy atom. The van der Waals surface area contributed by atoms with Crippen LogP contribution >= 0.6 is 0 Å². The lowest BCUT2D eigenvalue weighted by Gasteiger charge is -2.19. The second-order valence-corrected chi connectivity index (χ2v) is 7.25. The van der Waals surface area contributed by atoms with E-state index in [1.807, 2.05) is 12.1 Å². The molecule has 3 aromatic rings. The van der Waals surface area contributed by atoms with Gasteiger partial charge in [-0.15, -0.1) is 0 Å². The van der Waals surface area contributed by atoms with Crippen molar-refractivity contribution in [3.05, 3.63) is 64.7 Å². The Morgan fingerprint density at radius 2 is 1.93 bits per heavy atom. The number of benzene rings is 2. The predicted octanol–water partition coefficient (Wildman–Crippen LogP) is 4.30. The van der Waals surface area contributed by atoms with Crippen LogP contribution in [0.4, 0.5) is 0 Å². The first-order valence-corrected chi connectivity index (χ1v) is 9.52. The van der Waals surface area contributed by atoms with Gasteiger partial charge in [-0.1, -0.05) is 24.3 Å². The van der Waals surface area contributed by atoms with Gasteiger partial charge in [0.2, 0.25) is 5.88 Å².